The summed E-state index contributed by atoms with van der Waals surface area (Å²) in [5.74, 6) is -0.835. The number of hydrogen-bond donors (Lipinski definition) is 3. The Morgan fingerprint density at radius 3 is 2.58 bits per heavy atom. The summed E-state index contributed by atoms with van der Waals surface area (Å²) in [6.45, 7) is 2.43. The molecule has 0 aliphatic heterocycles. The van der Waals surface area contributed by atoms with Gasteiger partial charge in [-0.3, -0.25) is 4.79 Å². The molecule has 3 N–H and O–H groups in total. The molecule has 106 valence electrons. The SMILES string of the molecule is CSCC(C)(O)CNCC(C(=O)O)c1ccccc1. The lowest BCUT2D eigenvalue weighted by Gasteiger charge is -2.24. The Morgan fingerprint density at radius 2 is 2.05 bits per heavy atom. The van der Waals surface area contributed by atoms with Crippen LogP contribution >= 0.6 is 11.8 Å². The summed E-state index contributed by atoms with van der Waals surface area (Å²) >= 11 is 1.56. The zero-order valence-electron chi connectivity index (χ0n) is 11.3. The van der Waals surface area contributed by atoms with E-state index in [2.05, 4.69) is 5.32 Å². The number of thioether (sulfide) groups is 1. The van der Waals surface area contributed by atoms with Crippen LogP contribution in [0.4, 0.5) is 0 Å². The fraction of sp³-hybridized carbons (Fsp3) is 0.500. The first-order valence-electron chi connectivity index (χ1n) is 6.16. The van der Waals surface area contributed by atoms with Crippen molar-refractivity contribution in [1.82, 2.24) is 5.32 Å². The number of rotatable bonds is 8. The molecule has 0 amide bonds. The Balaban J connectivity index is 2.55. The van der Waals surface area contributed by atoms with Crippen LogP contribution in [0.3, 0.4) is 0 Å². The summed E-state index contributed by atoms with van der Waals surface area (Å²) in [7, 11) is 0. The van der Waals surface area contributed by atoms with Gasteiger partial charge in [0.15, 0.2) is 0 Å². The summed E-state index contributed by atoms with van der Waals surface area (Å²) in [6, 6.07) is 9.13. The predicted octanol–water partition coefficient (Wildman–Crippen LogP) is 1.56. The molecule has 0 aliphatic rings. The highest BCUT2D eigenvalue weighted by Crippen LogP contribution is 2.15. The van der Waals surface area contributed by atoms with Gasteiger partial charge in [-0.1, -0.05) is 30.3 Å². The number of nitrogens with one attached hydrogen (secondary N) is 1. The molecule has 5 heteroatoms. The third kappa shape index (κ3) is 5.63. The second-order valence-corrected chi connectivity index (χ2v) is 5.73. The van der Waals surface area contributed by atoms with Crippen molar-refractivity contribution in [2.24, 2.45) is 0 Å². The molecule has 2 atom stereocenters. The van der Waals surface area contributed by atoms with Crippen molar-refractivity contribution in [3.8, 4) is 0 Å². The molecule has 0 bridgehead atoms. The second-order valence-electron chi connectivity index (χ2n) is 4.86. The highest BCUT2D eigenvalue weighted by molar-refractivity contribution is 7.98. The van der Waals surface area contributed by atoms with Crippen LogP contribution in [0.25, 0.3) is 0 Å². The van der Waals surface area contributed by atoms with Gasteiger partial charge in [-0.25, -0.2) is 0 Å². The number of benzene rings is 1. The van der Waals surface area contributed by atoms with Crippen molar-refractivity contribution in [1.29, 1.82) is 0 Å². The number of aliphatic carboxylic acids is 1. The van der Waals surface area contributed by atoms with E-state index >= 15 is 0 Å². The molecule has 4 nitrogen and oxygen atoms in total. The lowest BCUT2D eigenvalue weighted by Crippen LogP contribution is -2.42. The Morgan fingerprint density at radius 1 is 1.42 bits per heavy atom. The van der Waals surface area contributed by atoms with Gasteiger partial charge in [-0.15, -0.1) is 0 Å². The maximum absolute atomic E-state index is 11.3. The molecule has 0 heterocycles. The van der Waals surface area contributed by atoms with E-state index in [1.54, 1.807) is 30.8 Å². The smallest absolute Gasteiger partial charge is 0.312 e. The lowest BCUT2D eigenvalue weighted by atomic mass is 9.99. The number of hydrogen-bond acceptors (Lipinski definition) is 4. The van der Waals surface area contributed by atoms with Crippen molar-refractivity contribution in [2.45, 2.75) is 18.4 Å². The normalized spacial score (nSPS) is 15.7. The fourth-order valence-electron chi connectivity index (χ4n) is 1.88. The van der Waals surface area contributed by atoms with Crippen LogP contribution in [-0.4, -0.2) is 46.9 Å². The van der Waals surface area contributed by atoms with Crippen LogP contribution in [0.5, 0.6) is 0 Å². The lowest BCUT2D eigenvalue weighted by molar-refractivity contribution is -0.138. The van der Waals surface area contributed by atoms with Crippen LogP contribution in [0, 0.1) is 0 Å². The maximum Gasteiger partial charge on any atom is 0.312 e. The highest BCUT2D eigenvalue weighted by Gasteiger charge is 2.23. The van der Waals surface area contributed by atoms with Crippen LogP contribution in [0.2, 0.25) is 0 Å². The van der Waals surface area contributed by atoms with Crippen molar-refractivity contribution in [3.63, 3.8) is 0 Å². The van der Waals surface area contributed by atoms with E-state index in [-0.39, 0.29) is 0 Å². The van der Waals surface area contributed by atoms with E-state index in [1.165, 1.54) is 0 Å². The first-order valence-corrected chi connectivity index (χ1v) is 7.55. The molecular weight excluding hydrogens is 262 g/mol. The monoisotopic (exact) mass is 283 g/mol. The summed E-state index contributed by atoms with van der Waals surface area (Å²) in [6.07, 6.45) is 1.93. The number of carbonyl (C=O) groups is 1. The van der Waals surface area contributed by atoms with E-state index in [4.69, 9.17) is 0 Å². The standard InChI is InChI=1S/C14H21NO3S/c1-14(18,10-19-2)9-15-8-12(13(16)17)11-6-4-3-5-7-11/h3-7,12,15,18H,8-10H2,1-2H3,(H,16,17). The largest absolute Gasteiger partial charge is 0.481 e. The topological polar surface area (TPSA) is 69.6 Å². The number of carboxylic acids is 1. The van der Waals surface area contributed by atoms with Gasteiger partial charge >= 0.3 is 5.97 Å². The van der Waals surface area contributed by atoms with Crippen molar-refractivity contribution < 1.29 is 15.0 Å². The average Bonchev–Trinajstić information content (AvgIpc) is 2.35. The second kappa shape index (κ2) is 7.53. The number of aliphatic hydroxyl groups is 1. The Labute approximate surface area is 118 Å². The summed E-state index contributed by atoms with van der Waals surface area (Å²) < 4.78 is 0. The molecular formula is C14H21NO3S. The van der Waals surface area contributed by atoms with Gasteiger partial charge in [0, 0.05) is 18.8 Å². The predicted molar refractivity (Wildman–Crippen MR) is 78.7 cm³/mol. The van der Waals surface area contributed by atoms with Gasteiger partial charge in [0.2, 0.25) is 0 Å². The molecule has 1 aromatic rings. The van der Waals surface area contributed by atoms with Gasteiger partial charge in [0.05, 0.1) is 11.5 Å². The quantitative estimate of drug-likeness (QED) is 0.675. The molecule has 0 saturated heterocycles. The zero-order valence-corrected chi connectivity index (χ0v) is 12.1. The van der Waals surface area contributed by atoms with Crippen LogP contribution < -0.4 is 5.32 Å². The van der Waals surface area contributed by atoms with Crippen molar-refractivity contribution in [2.75, 3.05) is 25.1 Å². The Bertz CT molecular complexity index is 395. The first-order chi connectivity index (χ1) is 8.96. The van der Waals surface area contributed by atoms with E-state index in [0.29, 0.717) is 18.8 Å². The van der Waals surface area contributed by atoms with Crippen molar-refractivity contribution in [3.05, 3.63) is 35.9 Å². The molecule has 19 heavy (non-hydrogen) atoms. The molecule has 0 spiro atoms. The van der Waals surface area contributed by atoms with Gasteiger partial charge in [0.25, 0.3) is 0 Å². The summed E-state index contributed by atoms with van der Waals surface area (Å²) in [4.78, 5) is 11.3. The molecule has 0 aromatic heterocycles. The van der Waals surface area contributed by atoms with Gasteiger partial charge in [-0.2, -0.15) is 11.8 Å². The third-order valence-electron chi connectivity index (χ3n) is 2.81. The minimum Gasteiger partial charge on any atom is -0.481 e. The van der Waals surface area contributed by atoms with E-state index in [9.17, 15) is 15.0 Å². The fourth-order valence-corrected chi connectivity index (χ4v) is 2.60. The van der Waals surface area contributed by atoms with E-state index < -0.39 is 17.5 Å². The third-order valence-corrected chi connectivity index (χ3v) is 3.72. The summed E-state index contributed by atoms with van der Waals surface area (Å²) in [5.41, 5.74) is -0.0499. The van der Waals surface area contributed by atoms with Crippen LogP contribution in [-0.2, 0) is 4.79 Å². The molecule has 1 rings (SSSR count). The molecule has 0 aliphatic carbocycles. The Kier molecular flexibility index (Phi) is 6.34. The molecule has 0 fully saturated rings. The molecule has 2 unspecified atom stereocenters. The van der Waals surface area contributed by atoms with Gasteiger partial charge in [-0.05, 0) is 18.7 Å². The molecule has 1 aromatic carbocycles. The minimum atomic E-state index is -0.858. The highest BCUT2D eigenvalue weighted by atomic mass is 32.2. The molecule has 0 radical (unpaired) electrons. The first kappa shape index (κ1) is 16.0. The number of carboxylic acid groups (broad SMARTS) is 1. The molecule has 0 saturated carbocycles. The summed E-state index contributed by atoms with van der Waals surface area (Å²) in [5, 5.41) is 22.3. The van der Waals surface area contributed by atoms with Crippen molar-refractivity contribution >= 4 is 17.7 Å². The Hall–Kier alpha value is -1.04. The minimum absolute atomic E-state index is 0.309. The van der Waals surface area contributed by atoms with Crippen LogP contribution in [0.15, 0.2) is 30.3 Å². The van der Waals surface area contributed by atoms with E-state index in [1.807, 2.05) is 24.5 Å². The van der Waals surface area contributed by atoms with Gasteiger partial charge in [0.1, 0.15) is 0 Å². The maximum atomic E-state index is 11.3. The average molecular weight is 283 g/mol. The zero-order chi connectivity index (χ0) is 14.3. The van der Waals surface area contributed by atoms with E-state index in [0.717, 1.165) is 5.56 Å². The van der Waals surface area contributed by atoms with Gasteiger partial charge < -0.3 is 15.5 Å². The van der Waals surface area contributed by atoms with Crippen LogP contribution in [0.1, 0.15) is 18.4 Å².